The monoisotopic (exact) mass is 274 g/mol. The predicted octanol–water partition coefficient (Wildman–Crippen LogP) is 4.07. The summed E-state index contributed by atoms with van der Waals surface area (Å²) in [5.41, 5.74) is 9.29. The fourth-order valence-electron chi connectivity index (χ4n) is 3.36. The molecule has 1 saturated carbocycles. The third kappa shape index (κ3) is 2.91. The molecule has 2 rings (SSSR count). The average molecular weight is 274 g/mol. The molecule has 0 radical (unpaired) electrons. The molecular weight excluding hydrogens is 244 g/mol. The van der Waals surface area contributed by atoms with Crippen LogP contribution in [-0.2, 0) is 0 Å². The van der Waals surface area contributed by atoms with E-state index in [9.17, 15) is 0 Å². The van der Waals surface area contributed by atoms with Crippen molar-refractivity contribution < 1.29 is 0 Å². The van der Waals surface area contributed by atoms with Gasteiger partial charge in [0.2, 0.25) is 0 Å². The van der Waals surface area contributed by atoms with E-state index < -0.39 is 0 Å². The maximum absolute atomic E-state index is 6.56. The van der Waals surface area contributed by atoms with Gasteiger partial charge in [0.1, 0.15) is 0 Å². The van der Waals surface area contributed by atoms with Crippen molar-refractivity contribution in [1.82, 2.24) is 4.90 Å². The van der Waals surface area contributed by atoms with Gasteiger partial charge >= 0.3 is 0 Å². The third-order valence-corrected chi connectivity index (χ3v) is 5.21. The molecule has 2 nitrogen and oxygen atoms in total. The van der Waals surface area contributed by atoms with Crippen LogP contribution in [-0.4, -0.2) is 23.5 Å². The van der Waals surface area contributed by atoms with E-state index in [-0.39, 0.29) is 11.6 Å². The molecule has 2 heteroatoms. The first kappa shape index (κ1) is 15.5. The van der Waals surface area contributed by atoms with Crippen LogP contribution in [0.2, 0.25) is 0 Å². The normalized spacial score (nSPS) is 18.1. The largest absolute Gasteiger partial charge is 0.322 e. The van der Waals surface area contributed by atoms with Crippen molar-refractivity contribution in [2.45, 2.75) is 64.5 Å². The van der Waals surface area contributed by atoms with Gasteiger partial charge in [0.05, 0.1) is 0 Å². The lowest BCUT2D eigenvalue weighted by Gasteiger charge is -2.42. The fourth-order valence-corrected chi connectivity index (χ4v) is 3.36. The van der Waals surface area contributed by atoms with Crippen LogP contribution in [0.5, 0.6) is 0 Å². The molecule has 1 fully saturated rings. The molecule has 1 aromatic rings. The van der Waals surface area contributed by atoms with Crippen molar-refractivity contribution in [3.8, 4) is 0 Å². The number of rotatable bonds is 6. The molecule has 0 aliphatic heterocycles. The molecule has 20 heavy (non-hydrogen) atoms. The fraction of sp³-hybridized carbons (Fsp3) is 0.667. The highest BCUT2D eigenvalue weighted by Crippen LogP contribution is 2.37. The van der Waals surface area contributed by atoms with Gasteiger partial charge in [-0.2, -0.15) is 0 Å². The lowest BCUT2D eigenvalue weighted by atomic mass is 9.79. The van der Waals surface area contributed by atoms with Crippen LogP contribution in [0.1, 0.15) is 70.0 Å². The van der Waals surface area contributed by atoms with Crippen molar-refractivity contribution in [1.29, 1.82) is 0 Å². The molecule has 0 aromatic heterocycles. The summed E-state index contributed by atoms with van der Waals surface area (Å²) in [5, 5.41) is 0. The molecule has 112 valence electrons. The molecule has 1 aliphatic rings. The summed E-state index contributed by atoms with van der Waals surface area (Å²) >= 11 is 0. The molecule has 0 spiro atoms. The SMILES string of the molecule is CCN(CC)C(C)(C)C(N)c1ccc(C2CCC2)cc1. The van der Waals surface area contributed by atoms with Crippen molar-refractivity contribution in [2.75, 3.05) is 13.1 Å². The molecular formula is C18H30N2. The highest BCUT2D eigenvalue weighted by atomic mass is 15.2. The van der Waals surface area contributed by atoms with Gasteiger partial charge in [0.25, 0.3) is 0 Å². The molecule has 0 amide bonds. The number of nitrogens with zero attached hydrogens (tertiary/aromatic N) is 1. The Morgan fingerprint density at radius 2 is 1.70 bits per heavy atom. The summed E-state index contributed by atoms with van der Waals surface area (Å²) in [6.07, 6.45) is 4.10. The minimum atomic E-state index is -0.0124. The Morgan fingerprint density at radius 3 is 2.10 bits per heavy atom. The summed E-state index contributed by atoms with van der Waals surface area (Å²) in [6.45, 7) is 11.0. The van der Waals surface area contributed by atoms with Crippen LogP contribution < -0.4 is 5.73 Å². The van der Waals surface area contributed by atoms with Gasteiger partial charge < -0.3 is 5.73 Å². The van der Waals surface area contributed by atoms with Crippen molar-refractivity contribution in [3.63, 3.8) is 0 Å². The van der Waals surface area contributed by atoms with Crippen LogP contribution in [0.25, 0.3) is 0 Å². The van der Waals surface area contributed by atoms with Crippen molar-refractivity contribution in [2.24, 2.45) is 5.73 Å². The second-order valence-electron chi connectivity index (χ2n) is 6.60. The first-order valence-corrected chi connectivity index (χ1v) is 8.11. The Hall–Kier alpha value is -0.860. The maximum atomic E-state index is 6.56. The molecule has 2 N–H and O–H groups in total. The van der Waals surface area contributed by atoms with E-state index in [0.717, 1.165) is 19.0 Å². The molecule has 0 bridgehead atoms. The molecule has 1 atom stereocenters. The zero-order valence-electron chi connectivity index (χ0n) is 13.5. The van der Waals surface area contributed by atoms with Crippen LogP contribution in [0.15, 0.2) is 24.3 Å². The van der Waals surface area contributed by atoms with Gasteiger partial charge in [-0.3, -0.25) is 4.90 Å². The molecule has 0 heterocycles. The Morgan fingerprint density at radius 1 is 1.15 bits per heavy atom. The third-order valence-electron chi connectivity index (χ3n) is 5.21. The Balaban J connectivity index is 2.13. The number of benzene rings is 1. The first-order valence-electron chi connectivity index (χ1n) is 8.11. The average Bonchev–Trinajstić information content (AvgIpc) is 2.38. The Bertz CT molecular complexity index is 414. The van der Waals surface area contributed by atoms with E-state index in [2.05, 4.69) is 56.9 Å². The van der Waals surface area contributed by atoms with Crippen LogP contribution in [0.3, 0.4) is 0 Å². The maximum Gasteiger partial charge on any atom is 0.0476 e. The topological polar surface area (TPSA) is 29.3 Å². The second-order valence-corrected chi connectivity index (χ2v) is 6.60. The Kier molecular flexibility index (Phi) is 4.87. The number of nitrogens with two attached hydrogens (primary N) is 1. The highest BCUT2D eigenvalue weighted by Gasteiger charge is 2.32. The summed E-state index contributed by atoms with van der Waals surface area (Å²) in [5.74, 6) is 0.802. The first-order chi connectivity index (χ1) is 9.50. The summed E-state index contributed by atoms with van der Waals surface area (Å²) in [4.78, 5) is 2.44. The zero-order valence-corrected chi connectivity index (χ0v) is 13.5. The van der Waals surface area contributed by atoms with Gasteiger partial charge in [0.15, 0.2) is 0 Å². The highest BCUT2D eigenvalue weighted by molar-refractivity contribution is 5.30. The van der Waals surface area contributed by atoms with Crippen LogP contribution >= 0.6 is 0 Å². The minimum Gasteiger partial charge on any atom is -0.322 e. The molecule has 0 saturated heterocycles. The van der Waals surface area contributed by atoms with E-state index in [0.29, 0.717) is 0 Å². The smallest absolute Gasteiger partial charge is 0.0476 e. The van der Waals surface area contributed by atoms with E-state index >= 15 is 0 Å². The summed E-state index contributed by atoms with van der Waals surface area (Å²) in [6, 6.07) is 9.11. The number of hydrogen-bond acceptors (Lipinski definition) is 2. The van der Waals surface area contributed by atoms with Crippen molar-refractivity contribution in [3.05, 3.63) is 35.4 Å². The van der Waals surface area contributed by atoms with Gasteiger partial charge in [-0.05, 0) is 56.8 Å². The minimum absolute atomic E-state index is 0.0124. The molecule has 1 unspecified atom stereocenters. The summed E-state index contributed by atoms with van der Waals surface area (Å²) < 4.78 is 0. The standard InChI is InChI=1S/C18H30N2/c1-5-20(6-2)18(3,4)17(19)16-12-10-15(11-13-16)14-8-7-9-14/h10-14,17H,5-9,19H2,1-4H3. The molecule has 1 aliphatic carbocycles. The second kappa shape index (κ2) is 6.28. The Labute approximate surface area is 124 Å². The van der Waals surface area contributed by atoms with E-state index in [1.165, 1.54) is 30.4 Å². The quantitative estimate of drug-likeness (QED) is 0.847. The number of likely N-dealkylation sites (N-methyl/N-ethyl adjacent to an activating group) is 1. The number of hydrogen-bond donors (Lipinski definition) is 1. The zero-order chi connectivity index (χ0) is 14.8. The van der Waals surface area contributed by atoms with Gasteiger partial charge in [0, 0.05) is 11.6 Å². The molecule has 1 aromatic carbocycles. The van der Waals surface area contributed by atoms with Gasteiger partial charge in [-0.25, -0.2) is 0 Å². The van der Waals surface area contributed by atoms with Crippen LogP contribution in [0.4, 0.5) is 0 Å². The van der Waals surface area contributed by atoms with Crippen molar-refractivity contribution >= 4 is 0 Å². The van der Waals surface area contributed by atoms with E-state index in [1.54, 1.807) is 0 Å². The lowest BCUT2D eigenvalue weighted by molar-refractivity contribution is 0.107. The van der Waals surface area contributed by atoms with Gasteiger partial charge in [-0.15, -0.1) is 0 Å². The summed E-state index contributed by atoms with van der Waals surface area (Å²) in [7, 11) is 0. The van der Waals surface area contributed by atoms with Gasteiger partial charge in [-0.1, -0.05) is 44.5 Å². The lowest BCUT2D eigenvalue weighted by Crippen LogP contribution is -2.51. The van der Waals surface area contributed by atoms with Crippen LogP contribution in [0, 0.1) is 0 Å². The van der Waals surface area contributed by atoms with E-state index in [1.807, 2.05) is 0 Å². The predicted molar refractivity (Wildman–Crippen MR) is 87.0 cm³/mol. The van der Waals surface area contributed by atoms with E-state index in [4.69, 9.17) is 5.73 Å².